The lowest BCUT2D eigenvalue weighted by Crippen LogP contribution is -2.22. The van der Waals surface area contributed by atoms with Gasteiger partial charge in [0, 0.05) is 38.6 Å². The van der Waals surface area contributed by atoms with Gasteiger partial charge in [-0.25, -0.2) is 0 Å². The van der Waals surface area contributed by atoms with Gasteiger partial charge in [-0.3, -0.25) is 0 Å². The van der Waals surface area contributed by atoms with Crippen molar-refractivity contribution in [3.63, 3.8) is 0 Å². The fourth-order valence-corrected chi connectivity index (χ4v) is 4.32. The molecule has 0 atom stereocenters. The van der Waals surface area contributed by atoms with E-state index in [2.05, 4.69) is 124 Å². The van der Waals surface area contributed by atoms with E-state index in [9.17, 15) is 0 Å². The molecule has 0 aliphatic carbocycles. The Morgan fingerprint density at radius 1 is 0.833 bits per heavy atom. The van der Waals surface area contributed by atoms with Crippen LogP contribution in [0.2, 0.25) is 0 Å². The number of hydrogen-bond acceptors (Lipinski definition) is 2. The standard InChI is InChI=1S/C28H36N2/c1-7-30(8-2)24-18-15-22(16-19-24)12-11-21-28(3,4)27-25-14-10-9-13-23(25)17-20-26(27)29(5)6/h9-20H,7-8,21H2,1-6H3/b12-11+. The van der Waals surface area contributed by atoms with Crippen LogP contribution in [0, 0.1) is 0 Å². The molecule has 3 rings (SSSR count). The van der Waals surface area contributed by atoms with Gasteiger partial charge in [0.05, 0.1) is 0 Å². The number of fused-ring (bicyclic) bond motifs is 1. The minimum atomic E-state index is 0.0259. The van der Waals surface area contributed by atoms with Crippen LogP contribution in [0.5, 0.6) is 0 Å². The van der Waals surface area contributed by atoms with Crippen molar-refractivity contribution in [3.8, 4) is 0 Å². The second-order valence-corrected chi connectivity index (χ2v) is 8.83. The molecule has 0 saturated heterocycles. The number of hydrogen-bond donors (Lipinski definition) is 0. The Morgan fingerprint density at radius 2 is 1.50 bits per heavy atom. The quantitative estimate of drug-likeness (QED) is 0.397. The molecule has 0 spiro atoms. The van der Waals surface area contributed by atoms with Crippen molar-refractivity contribution in [1.82, 2.24) is 0 Å². The maximum Gasteiger partial charge on any atom is 0.0405 e. The lowest BCUT2D eigenvalue weighted by molar-refractivity contribution is 0.540. The molecule has 0 fully saturated rings. The van der Waals surface area contributed by atoms with Gasteiger partial charge in [-0.05, 0) is 65.8 Å². The molecule has 0 radical (unpaired) electrons. The van der Waals surface area contributed by atoms with Crippen LogP contribution in [0.3, 0.4) is 0 Å². The summed E-state index contributed by atoms with van der Waals surface area (Å²) in [4.78, 5) is 4.61. The molecule has 30 heavy (non-hydrogen) atoms. The Morgan fingerprint density at radius 3 is 2.13 bits per heavy atom. The average Bonchev–Trinajstić information content (AvgIpc) is 2.74. The van der Waals surface area contributed by atoms with Crippen LogP contribution in [0.15, 0.2) is 66.7 Å². The normalized spacial score (nSPS) is 11.9. The summed E-state index contributed by atoms with van der Waals surface area (Å²) >= 11 is 0. The van der Waals surface area contributed by atoms with Gasteiger partial charge in [0.1, 0.15) is 0 Å². The molecule has 0 heterocycles. The third-order valence-corrected chi connectivity index (χ3v) is 6.03. The van der Waals surface area contributed by atoms with Crippen molar-refractivity contribution in [2.24, 2.45) is 0 Å². The van der Waals surface area contributed by atoms with Crippen LogP contribution in [0.1, 0.15) is 45.2 Å². The van der Waals surface area contributed by atoms with Crippen LogP contribution in [0.25, 0.3) is 16.8 Å². The van der Waals surface area contributed by atoms with Gasteiger partial charge in [0.15, 0.2) is 0 Å². The molecule has 0 amide bonds. The highest BCUT2D eigenvalue weighted by atomic mass is 15.1. The van der Waals surface area contributed by atoms with Crippen molar-refractivity contribution in [2.45, 2.75) is 39.5 Å². The Bertz CT molecular complexity index is 993. The second-order valence-electron chi connectivity index (χ2n) is 8.83. The maximum atomic E-state index is 2.37. The predicted octanol–water partition coefficient (Wildman–Crippen LogP) is 7.13. The molecule has 0 bridgehead atoms. The Kier molecular flexibility index (Phi) is 6.87. The number of allylic oxidation sites excluding steroid dienone is 1. The van der Waals surface area contributed by atoms with Crippen molar-refractivity contribution in [3.05, 3.63) is 77.9 Å². The van der Waals surface area contributed by atoms with Crippen molar-refractivity contribution in [1.29, 1.82) is 0 Å². The van der Waals surface area contributed by atoms with Crippen LogP contribution >= 0.6 is 0 Å². The first-order chi connectivity index (χ1) is 14.4. The third-order valence-electron chi connectivity index (χ3n) is 6.03. The summed E-state index contributed by atoms with van der Waals surface area (Å²) in [5, 5.41) is 2.66. The zero-order valence-corrected chi connectivity index (χ0v) is 19.4. The lowest BCUT2D eigenvalue weighted by atomic mass is 9.77. The number of rotatable bonds is 8. The number of anilines is 2. The third kappa shape index (κ3) is 4.70. The largest absolute Gasteiger partial charge is 0.377 e. The summed E-state index contributed by atoms with van der Waals surface area (Å²) in [5.41, 5.74) is 5.30. The lowest BCUT2D eigenvalue weighted by Gasteiger charge is -2.31. The molecule has 2 nitrogen and oxygen atoms in total. The topological polar surface area (TPSA) is 6.48 Å². The summed E-state index contributed by atoms with van der Waals surface area (Å²) in [5.74, 6) is 0. The second kappa shape index (κ2) is 9.38. The van der Waals surface area contributed by atoms with Gasteiger partial charge in [-0.15, -0.1) is 0 Å². The highest BCUT2D eigenvalue weighted by Crippen LogP contribution is 2.40. The summed E-state index contributed by atoms with van der Waals surface area (Å²) in [7, 11) is 4.27. The Labute approximate surface area is 182 Å². The summed E-state index contributed by atoms with van der Waals surface area (Å²) in [6.07, 6.45) is 5.57. The van der Waals surface area contributed by atoms with E-state index >= 15 is 0 Å². The highest BCUT2D eigenvalue weighted by molar-refractivity contribution is 5.91. The Balaban J connectivity index is 1.86. The van der Waals surface area contributed by atoms with Gasteiger partial charge >= 0.3 is 0 Å². The van der Waals surface area contributed by atoms with Crippen molar-refractivity contribution < 1.29 is 0 Å². The van der Waals surface area contributed by atoms with E-state index in [-0.39, 0.29) is 5.41 Å². The van der Waals surface area contributed by atoms with E-state index in [1.807, 2.05) is 0 Å². The van der Waals surface area contributed by atoms with E-state index in [0.717, 1.165) is 19.5 Å². The fourth-order valence-electron chi connectivity index (χ4n) is 4.32. The van der Waals surface area contributed by atoms with Gasteiger partial charge < -0.3 is 9.80 Å². The highest BCUT2D eigenvalue weighted by Gasteiger charge is 2.25. The number of nitrogens with zero attached hydrogens (tertiary/aromatic N) is 2. The van der Waals surface area contributed by atoms with E-state index in [4.69, 9.17) is 0 Å². The number of benzene rings is 3. The van der Waals surface area contributed by atoms with E-state index < -0.39 is 0 Å². The van der Waals surface area contributed by atoms with Gasteiger partial charge in [-0.1, -0.05) is 68.5 Å². The molecule has 0 unspecified atom stereocenters. The molecule has 3 aromatic carbocycles. The molecule has 0 N–H and O–H groups in total. The SMILES string of the molecule is CCN(CC)c1ccc(/C=C/CC(C)(C)c2c(N(C)C)ccc3ccccc23)cc1. The van der Waals surface area contributed by atoms with Crippen molar-refractivity contribution in [2.75, 3.05) is 37.0 Å². The molecule has 0 aliphatic rings. The molecule has 3 aromatic rings. The minimum Gasteiger partial charge on any atom is -0.377 e. The maximum absolute atomic E-state index is 2.37. The van der Waals surface area contributed by atoms with E-state index in [1.54, 1.807) is 0 Å². The molecule has 0 saturated carbocycles. The molecular formula is C28H36N2. The first kappa shape index (κ1) is 22.0. The first-order valence-electron chi connectivity index (χ1n) is 11.1. The molecule has 2 heteroatoms. The summed E-state index contributed by atoms with van der Waals surface area (Å²) in [6, 6.07) is 22.1. The molecule has 0 aromatic heterocycles. The van der Waals surface area contributed by atoms with E-state index in [1.165, 1.54) is 33.3 Å². The van der Waals surface area contributed by atoms with Crippen molar-refractivity contribution >= 4 is 28.2 Å². The molecule has 0 aliphatic heterocycles. The Hall–Kier alpha value is -2.74. The van der Waals surface area contributed by atoms with Gasteiger partial charge in [0.25, 0.3) is 0 Å². The smallest absolute Gasteiger partial charge is 0.0405 e. The average molecular weight is 401 g/mol. The predicted molar refractivity (Wildman–Crippen MR) is 135 cm³/mol. The summed E-state index contributed by atoms with van der Waals surface area (Å²) < 4.78 is 0. The van der Waals surface area contributed by atoms with Gasteiger partial charge in [0.2, 0.25) is 0 Å². The van der Waals surface area contributed by atoms with E-state index in [0.29, 0.717) is 0 Å². The zero-order chi connectivity index (χ0) is 21.7. The molecular weight excluding hydrogens is 364 g/mol. The monoisotopic (exact) mass is 400 g/mol. The zero-order valence-electron chi connectivity index (χ0n) is 19.4. The van der Waals surface area contributed by atoms with Crippen LogP contribution < -0.4 is 9.80 Å². The summed E-state index contributed by atoms with van der Waals surface area (Å²) in [6.45, 7) is 11.2. The molecule has 158 valence electrons. The van der Waals surface area contributed by atoms with Gasteiger partial charge in [-0.2, -0.15) is 0 Å². The first-order valence-corrected chi connectivity index (χ1v) is 11.1. The van der Waals surface area contributed by atoms with Crippen LogP contribution in [-0.4, -0.2) is 27.2 Å². The van der Waals surface area contributed by atoms with Crippen LogP contribution in [-0.2, 0) is 5.41 Å². The fraction of sp³-hybridized carbons (Fsp3) is 0.357. The van der Waals surface area contributed by atoms with Crippen LogP contribution in [0.4, 0.5) is 11.4 Å². The minimum absolute atomic E-state index is 0.0259.